The third-order valence-corrected chi connectivity index (χ3v) is 1.78. The van der Waals surface area contributed by atoms with Crippen LogP contribution >= 0.6 is 23.5 Å². The molecule has 0 aromatic carbocycles. The first-order valence-corrected chi connectivity index (χ1v) is 3.36. The van der Waals surface area contributed by atoms with Gasteiger partial charge in [0.05, 0.1) is 0 Å². The smallest absolute Gasteiger partial charge is 1.00 e. The van der Waals surface area contributed by atoms with Crippen molar-refractivity contribution in [2.75, 3.05) is 0 Å². The molecule has 1 aliphatic rings. The van der Waals surface area contributed by atoms with Gasteiger partial charge in [-0.05, 0) is 5.41 Å². The molecule has 0 spiro atoms. The van der Waals surface area contributed by atoms with E-state index in [9.17, 15) is 0 Å². The molecule has 40 valence electrons. The molecule has 4 heteroatoms. The van der Waals surface area contributed by atoms with Crippen molar-refractivity contribution in [3.63, 3.8) is 0 Å². The van der Waals surface area contributed by atoms with Gasteiger partial charge >= 0.3 is 23.1 Å². The maximum absolute atomic E-state index is 2.95. The molecular formula is C4H3ClMgS2. The third-order valence-electron chi connectivity index (χ3n) is 0.386. The quantitative estimate of drug-likeness (QED) is 0.336. The zero-order valence-electron chi connectivity index (χ0n) is 4.13. The zero-order valence-corrected chi connectivity index (χ0v) is 7.94. The van der Waals surface area contributed by atoms with Crippen molar-refractivity contribution in [3.05, 3.63) is 21.6 Å². The van der Waals surface area contributed by atoms with Crippen LogP contribution in [0, 0.1) is 5.41 Å². The Balaban J connectivity index is 0. The van der Waals surface area contributed by atoms with Gasteiger partial charge in [0, 0.05) is 0 Å². The summed E-state index contributed by atoms with van der Waals surface area (Å²) in [4.78, 5) is 0. The molecule has 0 atom stereocenters. The van der Waals surface area contributed by atoms with E-state index < -0.39 is 0 Å². The van der Waals surface area contributed by atoms with Crippen LogP contribution in [0.5, 0.6) is 0 Å². The van der Waals surface area contributed by atoms with Crippen LogP contribution in [0.15, 0.2) is 16.2 Å². The van der Waals surface area contributed by atoms with Gasteiger partial charge < -0.3 is 29.6 Å². The Morgan fingerprint density at radius 2 is 2.00 bits per heavy atom. The minimum absolute atomic E-state index is 0. The van der Waals surface area contributed by atoms with E-state index in [0.29, 0.717) is 0 Å². The van der Waals surface area contributed by atoms with Gasteiger partial charge in [0.25, 0.3) is 0 Å². The second-order valence-corrected chi connectivity index (χ2v) is 2.29. The molecule has 0 fully saturated rings. The van der Waals surface area contributed by atoms with E-state index in [4.69, 9.17) is 0 Å². The van der Waals surface area contributed by atoms with E-state index >= 15 is 0 Å². The molecule has 0 unspecified atom stereocenters. The van der Waals surface area contributed by atoms with Crippen molar-refractivity contribution in [2.24, 2.45) is 0 Å². The second kappa shape index (κ2) is 8.24. The van der Waals surface area contributed by atoms with Gasteiger partial charge in [0.15, 0.2) is 0 Å². The summed E-state index contributed by atoms with van der Waals surface area (Å²) in [5.74, 6) is 0. The molecule has 1 heterocycles. The topological polar surface area (TPSA) is 0 Å². The van der Waals surface area contributed by atoms with Gasteiger partial charge in [0.2, 0.25) is 0 Å². The number of hydrogen-bond donors (Lipinski definition) is 0. The first kappa shape index (κ1) is 12.0. The van der Waals surface area contributed by atoms with Crippen LogP contribution in [0.3, 0.4) is 0 Å². The van der Waals surface area contributed by atoms with E-state index in [2.05, 4.69) is 5.41 Å². The van der Waals surface area contributed by atoms with Crippen molar-refractivity contribution in [2.45, 2.75) is 0 Å². The number of thioether (sulfide) groups is 2. The second-order valence-electron chi connectivity index (χ2n) is 0.762. The Kier molecular flexibility index (Phi) is 12.3. The van der Waals surface area contributed by atoms with E-state index in [1.165, 1.54) is 0 Å². The first-order valence-electron chi connectivity index (χ1n) is 1.53. The van der Waals surface area contributed by atoms with Crippen LogP contribution in [0.1, 0.15) is 0 Å². The molecule has 0 aromatic rings. The van der Waals surface area contributed by atoms with Crippen molar-refractivity contribution >= 4 is 46.6 Å². The Bertz CT molecular complexity index is 72.0. The molecular weight excluding hydrogens is 172 g/mol. The average Bonchev–Trinajstić information content (AvgIpc) is 1.72. The van der Waals surface area contributed by atoms with Gasteiger partial charge in [-0.15, -0.1) is 11.8 Å². The number of rotatable bonds is 0. The molecule has 1 rings (SSSR count). The minimum Gasteiger partial charge on any atom is -1.00 e. The summed E-state index contributed by atoms with van der Waals surface area (Å²) in [6, 6.07) is 0. The molecule has 0 aromatic heterocycles. The Morgan fingerprint density at radius 1 is 1.25 bits per heavy atom. The van der Waals surface area contributed by atoms with Gasteiger partial charge in [-0.3, -0.25) is 0 Å². The van der Waals surface area contributed by atoms with Crippen molar-refractivity contribution in [1.29, 1.82) is 0 Å². The molecule has 0 N–H and O–H groups in total. The van der Waals surface area contributed by atoms with Gasteiger partial charge in [-0.2, -0.15) is 5.41 Å². The molecule has 0 nitrogen and oxygen atoms in total. The monoisotopic (exact) mass is 174 g/mol. The van der Waals surface area contributed by atoms with Crippen LogP contribution < -0.4 is 12.4 Å². The summed E-state index contributed by atoms with van der Waals surface area (Å²) in [7, 11) is 0. The zero-order chi connectivity index (χ0) is 4.24. The van der Waals surface area contributed by atoms with E-state index in [1.807, 2.05) is 16.2 Å². The Labute approximate surface area is 80.1 Å². The van der Waals surface area contributed by atoms with Crippen LogP contribution in [-0.4, -0.2) is 23.1 Å². The van der Waals surface area contributed by atoms with Crippen molar-refractivity contribution < 1.29 is 12.4 Å². The molecule has 0 saturated heterocycles. The minimum atomic E-state index is 0. The van der Waals surface area contributed by atoms with Crippen molar-refractivity contribution in [3.8, 4) is 0 Å². The summed E-state index contributed by atoms with van der Waals surface area (Å²) in [5.41, 5.74) is 0. The van der Waals surface area contributed by atoms with E-state index in [-0.39, 0.29) is 35.5 Å². The molecule has 0 bridgehead atoms. The maximum atomic E-state index is 2.95. The SMILES string of the molecule is [C-]1=CSC=CS1.[Cl-].[Mg+2]. The Hall–Kier alpha value is 1.24. The molecule has 1 aliphatic heterocycles. The fourth-order valence-corrected chi connectivity index (χ4v) is 1.27. The molecule has 0 saturated carbocycles. The standard InChI is InChI=1S/C4H3S2.ClH.Mg/c1-2-6-4-3-5-1;;/h1-3H;1H;/q-1;;+2/p-1. The van der Waals surface area contributed by atoms with Gasteiger partial charge in [0.1, 0.15) is 0 Å². The van der Waals surface area contributed by atoms with Crippen LogP contribution in [-0.2, 0) is 0 Å². The predicted molar refractivity (Wildman–Crippen MR) is 37.9 cm³/mol. The maximum Gasteiger partial charge on any atom is 2.00 e. The number of hydrogen-bond acceptors (Lipinski definition) is 2. The van der Waals surface area contributed by atoms with Gasteiger partial charge in [-0.25, -0.2) is 0 Å². The predicted octanol–water partition coefficient (Wildman–Crippen LogP) is -1.16. The molecule has 0 amide bonds. The normalized spacial score (nSPS) is 14.0. The molecule has 0 radical (unpaired) electrons. The summed E-state index contributed by atoms with van der Waals surface area (Å²) < 4.78 is 0. The third kappa shape index (κ3) is 5.37. The van der Waals surface area contributed by atoms with Crippen LogP contribution in [0.4, 0.5) is 0 Å². The fourth-order valence-electron chi connectivity index (χ4n) is 0.194. The fraction of sp³-hybridized carbons (Fsp3) is 0. The molecule has 0 aliphatic carbocycles. The van der Waals surface area contributed by atoms with E-state index in [1.54, 1.807) is 23.5 Å². The van der Waals surface area contributed by atoms with E-state index in [0.717, 1.165) is 0 Å². The first-order chi connectivity index (χ1) is 3.00. The largest absolute Gasteiger partial charge is 2.00 e. The number of halogens is 1. The summed E-state index contributed by atoms with van der Waals surface area (Å²) in [5, 5.41) is 8.92. The van der Waals surface area contributed by atoms with Crippen LogP contribution in [0.2, 0.25) is 0 Å². The summed E-state index contributed by atoms with van der Waals surface area (Å²) >= 11 is 3.25. The summed E-state index contributed by atoms with van der Waals surface area (Å²) in [6.07, 6.45) is 0. The van der Waals surface area contributed by atoms with Crippen molar-refractivity contribution in [1.82, 2.24) is 0 Å². The van der Waals surface area contributed by atoms with Gasteiger partial charge in [-0.1, -0.05) is 5.41 Å². The van der Waals surface area contributed by atoms with Crippen LogP contribution in [0.25, 0.3) is 0 Å². The Morgan fingerprint density at radius 3 is 2.12 bits per heavy atom. The summed E-state index contributed by atoms with van der Waals surface area (Å²) in [6.45, 7) is 0. The average molecular weight is 175 g/mol. The molecule has 8 heavy (non-hydrogen) atoms.